The van der Waals surface area contributed by atoms with Gasteiger partial charge in [-0.25, -0.2) is 4.98 Å². The van der Waals surface area contributed by atoms with Crippen LogP contribution in [-0.2, 0) is 0 Å². The van der Waals surface area contributed by atoms with E-state index in [2.05, 4.69) is 16.3 Å². The summed E-state index contributed by atoms with van der Waals surface area (Å²) >= 11 is 3.00. The van der Waals surface area contributed by atoms with Crippen LogP contribution in [-0.4, -0.2) is 31.9 Å². The normalized spacial score (nSPS) is 17.7. The maximum absolute atomic E-state index is 9.75. The number of aliphatic hydroxyl groups is 1. The third-order valence-electron chi connectivity index (χ3n) is 1.81. The van der Waals surface area contributed by atoms with Crippen LogP contribution in [0, 0.1) is 0 Å². The molecule has 0 radical (unpaired) electrons. The first kappa shape index (κ1) is 11.9. The highest BCUT2D eigenvalue weighted by molar-refractivity contribution is 8.01. The Morgan fingerprint density at radius 1 is 1.79 bits per heavy atom. The lowest BCUT2D eigenvalue weighted by atomic mass is 10.0. The Bertz CT molecular complexity index is 264. The molecule has 80 valence electrons. The molecule has 0 bridgehead atoms. The average Bonchev–Trinajstić information content (AvgIpc) is 2.55. The first-order valence-electron chi connectivity index (χ1n) is 4.39. The van der Waals surface area contributed by atoms with Crippen molar-refractivity contribution in [1.29, 1.82) is 0 Å². The highest BCUT2D eigenvalue weighted by Gasteiger charge is 2.22. The van der Waals surface area contributed by atoms with E-state index >= 15 is 0 Å². The molecule has 14 heavy (non-hydrogen) atoms. The van der Waals surface area contributed by atoms with Gasteiger partial charge in [-0.1, -0.05) is 18.7 Å². The molecule has 2 atom stereocenters. The molecule has 6 heteroatoms. The van der Waals surface area contributed by atoms with Crippen LogP contribution in [0.5, 0.6) is 0 Å². The van der Waals surface area contributed by atoms with Gasteiger partial charge in [-0.3, -0.25) is 0 Å². The van der Waals surface area contributed by atoms with Crippen LogP contribution < -0.4 is 5.73 Å². The standard InChI is InChI=1S/C8H15N3OS2/c1-6(3-8(2,12)4-9)13-7-10-5-11-14-7/h5-6,12H,3-4,9H2,1-2H3. The van der Waals surface area contributed by atoms with E-state index in [0.717, 1.165) is 4.34 Å². The molecule has 1 heterocycles. The Hall–Kier alpha value is -0.170. The summed E-state index contributed by atoms with van der Waals surface area (Å²) in [7, 11) is 0. The van der Waals surface area contributed by atoms with E-state index in [9.17, 15) is 5.11 Å². The van der Waals surface area contributed by atoms with Gasteiger partial charge >= 0.3 is 0 Å². The Labute approximate surface area is 92.1 Å². The summed E-state index contributed by atoms with van der Waals surface area (Å²) in [5.74, 6) is 0. The SMILES string of the molecule is CC(CC(C)(O)CN)Sc1ncns1. The van der Waals surface area contributed by atoms with E-state index in [1.807, 2.05) is 0 Å². The highest BCUT2D eigenvalue weighted by Crippen LogP contribution is 2.28. The quantitative estimate of drug-likeness (QED) is 0.746. The van der Waals surface area contributed by atoms with Gasteiger partial charge in [-0.15, -0.1) is 0 Å². The Morgan fingerprint density at radius 3 is 3.00 bits per heavy atom. The lowest BCUT2D eigenvalue weighted by Gasteiger charge is -2.23. The summed E-state index contributed by atoms with van der Waals surface area (Å²) in [6.07, 6.45) is 2.20. The molecule has 4 nitrogen and oxygen atoms in total. The van der Waals surface area contributed by atoms with E-state index in [-0.39, 0.29) is 6.54 Å². The van der Waals surface area contributed by atoms with E-state index < -0.39 is 5.60 Å². The monoisotopic (exact) mass is 233 g/mol. The zero-order valence-electron chi connectivity index (χ0n) is 8.30. The van der Waals surface area contributed by atoms with Crippen molar-refractivity contribution in [3.63, 3.8) is 0 Å². The minimum absolute atomic E-state index is 0.286. The Kier molecular flexibility index (Phi) is 4.31. The second-order valence-electron chi connectivity index (χ2n) is 3.54. The van der Waals surface area contributed by atoms with Crippen LogP contribution in [0.2, 0.25) is 0 Å². The number of hydrogen-bond acceptors (Lipinski definition) is 6. The van der Waals surface area contributed by atoms with Crippen molar-refractivity contribution in [3.05, 3.63) is 6.33 Å². The summed E-state index contributed by atoms with van der Waals surface area (Å²) in [4.78, 5) is 4.07. The number of aromatic nitrogens is 2. The summed E-state index contributed by atoms with van der Waals surface area (Å²) < 4.78 is 4.85. The van der Waals surface area contributed by atoms with E-state index in [0.29, 0.717) is 11.7 Å². The molecule has 1 rings (SSSR count). The summed E-state index contributed by atoms with van der Waals surface area (Å²) in [6.45, 7) is 4.09. The van der Waals surface area contributed by atoms with Crippen LogP contribution in [0.1, 0.15) is 20.3 Å². The molecule has 3 N–H and O–H groups in total. The van der Waals surface area contributed by atoms with E-state index in [1.54, 1.807) is 25.0 Å². The summed E-state index contributed by atoms with van der Waals surface area (Å²) in [5, 5.41) is 10.0. The molecule has 0 fully saturated rings. The zero-order chi connectivity index (χ0) is 10.6. The molecule has 0 saturated heterocycles. The number of thioether (sulfide) groups is 1. The van der Waals surface area contributed by atoms with Gasteiger partial charge in [0.1, 0.15) is 6.33 Å². The molecule has 1 aromatic rings. The molecule has 1 aromatic heterocycles. The van der Waals surface area contributed by atoms with E-state index in [1.165, 1.54) is 11.5 Å². The van der Waals surface area contributed by atoms with Gasteiger partial charge in [-0.2, -0.15) is 4.37 Å². The maximum Gasteiger partial charge on any atom is 0.170 e. The van der Waals surface area contributed by atoms with Crippen LogP contribution in [0.15, 0.2) is 10.7 Å². The Balaban J connectivity index is 2.40. The second-order valence-corrected chi connectivity index (χ2v) is 6.01. The molecular formula is C8H15N3OS2. The van der Waals surface area contributed by atoms with Gasteiger partial charge in [0.2, 0.25) is 0 Å². The number of nitrogens with zero attached hydrogens (tertiary/aromatic N) is 2. The topological polar surface area (TPSA) is 72.0 Å². The van der Waals surface area contributed by atoms with Gasteiger partial charge in [0.05, 0.1) is 5.60 Å². The highest BCUT2D eigenvalue weighted by atomic mass is 32.2. The van der Waals surface area contributed by atoms with Gasteiger partial charge in [0, 0.05) is 11.8 Å². The van der Waals surface area contributed by atoms with Crippen molar-refractivity contribution in [1.82, 2.24) is 9.36 Å². The van der Waals surface area contributed by atoms with Gasteiger partial charge < -0.3 is 10.8 Å². The molecule has 0 aliphatic rings. The van der Waals surface area contributed by atoms with E-state index in [4.69, 9.17) is 5.73 Å². The maximum atomic E-state index is 9.75. The number of nitrogens with two attached hydrogens (primary N) is 1. The fraction of sp³-hybridized carbons (Fsp3) is 0.750. The summed E-state index contributed by atoms with van der Waals surface area (Å²) in [5.41, 5.74) is 4.66. The molecule has 0 aliphatic heterocycles. The van der Waals surface area contributed by atoms with Crippen molar-refractivity contribution in [2.75, 3.05) is 6.54 Å². The average molecular weight is 233 g/mol. The van der Waals surface area contributed by atoms with Crippen LogP contribution >= 0.6 is 23.3 Å². The van der Waals surface area contributed by atoms with Crippen molar-refractivity contribution < 1.29 is 5.11 Å². The van der Waals surface area contributed by atoms with Crippen molar-refractivity contribution >= 4 is 23.3 Å². The van der Waals surface area contributed by atoms with Crippen LogP contribution in [0.4, 0.5) is 0 Å². The van der Waals surface area contributed by atoms with Gasteiger partial charge in [0.15, 0.2) is 4.34 Å². The van der Waals surface area contributed by atoms with Crippen LogP contribution in [0.3, 0.4) is 0 Å². The number of hydrogen-bond donors (Lipinski definition) is 2. The molecule has 0 saturated carbocycles. The van der Waals surface area contributed by atoms with Gasteiger partial charge in [-0.05, 0) is 24.9 Å². The van der Waals surface area contributed by atoms with Crippen LogP contribution in [0.25, 0.3) is 0 Å². The third kappa shape index (κ3) is 3.91. The number of rotatable bonds is 5. The predicted octanol–water partition coefficient (Wildman–Crippen LogP) is 1.12. The minimum atomic E-state index is -0.781. The zero-order valence-corrected chi connectivity index (χ0v) is 9.94. The first-order chi connectivity index (χ1) is 6.53. The lowest BCUT2D eigenvalue weighted by molar-refractivity contribution is 0.0608. The molecule has 0 amide bonds. The molecule has 0 aliphatic carbocycles. The second kappa shape index (κ2) is 5.06. The Morgan fingerprint density at radius 2 is 2.50 bits per heavy atom. The lowest BCUT2D eigenvalue weighted by Crippen LogP contribution is -2.36. The smallest absolute Gasteiger partial charge is 0.170 e. The molecule has 0 spiro atoms. The van der Waals surface area contributed by atoms with Gasteiger partial charge in [0.25, 0.3) is 0 Å². The minimum Gasteiger partial charge on any atom is -0.389 e. The molecule has 2 unspecified atom stereocenters. The summed E-state index contributed by atoms with van der Waals surface area (Å²) in [6, 6.07) is 0. The largest absolute Gasteiger partial charge is 0.389 e. The fourth-order valence-electron chi connectivity index (χ4n) is 1.13. The molecule has 0 aromatic carbocycles. The first-order valence-corrected chi connectivity index (χ1v) is 6.04. The fourth-order valence-corrected chi connectivity index (χ4v) is 3.10. The molecular weight excluding hydrogens is 218 g/mol. The van der Waals surface area contributed by atoms with Crippen molar-refractivity contribution in [2.24, 2.45) is 5.73 Å². The van der Waals surface area contributed by atoms with Crippen molar-refractivity contribution in [3.8, 4) is 0 Å². The third-order valence-corrected chi connectivity index (χ3v) is 3.66. The van der Waals surface area contributed by atoms with Crippen molar-refractivity contribution in [2.45, 2.75) is 35.5 Å². The predicted molar refractivity (Wildman–Crippen MR) is 59.5 cm³/mol.